The number of nitrogens with two attached hydrogens (primary N) is 1. The van der Waals surface area contributed by atoms with E-state index in [9.17, 15) is 9.18 Å². The summed E-state index contributed by atoms with van der Waals surface area (Å²) in [5.74, 6) is -0.746. The van der Waals surface area contributed by atoms with E-state index in [0.29, 0.717) is 17.1 Å². The molecule has 1 amide bonds. The zero-order chi connectivity index (χ0) is 13.8. The maximum absolute atomic E-state index is 13.6. The number of benzene rings is 1. The molecule has 104 valence electrons. The number of hydrogen-bond donors (Lipinski definition) is 2. The summed E-state index contributed by atoms with van der Waals surface area (Å²) in [5.41, 5.74) is 5.96. The van der Waals surface area contributed by atoms with Crippen LogP contribution in [-0.2, 0) is 11.3 Å². The van der Waals surface area contributed by atoms with Crippen molar-refractivity contribution in [1.82, 2.24) is 5.32 Å². The highest BCUT2D eigenvalue weighted by Gasteiger charge is 2.28. The van der Waals surface area contributed by atoms with Gasteiger partial charge in [0.05, 0.1) is 5.92 Å². The van der Waals surface area contributed by atoms with Gasteiger partial charge in [-0.05, 0) is 25.0 Å². The van der Waals surface area contributed by atoms with Crippen molar-refractivity contribution in [3.8, 4) is 0 Å². The van der Waals surface area contributed by atoms with Crippen LogP contribution in [0.15, 0.2) is 18.2 Å². The molecule has 3 N–H and O–H groups in total. The summed E-state index contributed by atoms with van der Waals surface area (Å²) in [7, 11) is 0. The van der Waals surface area contributed by atoms with Crippen molar-refractivity contribution in [3.63, 3.8) is 0 Å². The minimum absolute atomic E-state index is 0.0429. The van der Waals surface area contributed by atoms with Crippen molar-refractivity contribution in [1.29, 1.82) is 0 Å². The van der Waals surface area contributed by atoms with Gasteiger partial charge in [0.15, 0.2) is 0 Å². The zero-order valence-electron chi connectivity index (χ0n) is 10.7. The Morgan fingerprint density at radius 1 is 1.42 bits per heavy atom. The number of amides is 1. The lowest BCUT2D eigenvalue weighted by molar-refractivity contribution is -0.123. The lowest BCUT2D eigenvalue weighted by Crippen LogP contribution is -2.44. The molecule has 2 unspecified atom stereocenters. The molecule has 1 aliphatic carbocycles. The van der Waals surface area contributed by atoms with Crippen LogP contribution < -0.4 is 11.1 Å². The van der Waals surface area contributed by atoms with Crippen LogP contribution in [0.4, 0.5) is 4.39 Å². The van der Waals surface area contributed by atoms with Gasteiger partial charge >= 0.3 is 0 Å². The van der Waals surface area contributed by atoms with Gasteiger partial charge in [-0.3, -0.25) is 4.79 Å². The number of halogens is 2. The third-order valence-electron chi connectivity index (χ3n) is 3.70. The molecule has 2 atom stereocenters. The summed E-state index contributed by atoms with van der Waals surface area (Å²) in [6, 6.07) is 4.66. The Bertz CT molecular complexity index is 467. The van der Waals surface area contributed by atoms with Crippen molar-refractivity contribution >= 4 is 17.5 Å². The van der Waals surface area contributed by atoms with Crippen LogP contribution in [0.2, 0.25) is 5.02 Å². The topological polar surface area (TPSA) is 55.1 Å². The minimum Gasteiger partial charge on any atom is -0.369 e. The first kappa shape index (κ1) is 14.3. The standard InChI is InChI=1S/C14H18ClFN2O/c15-10-6-5-9(12(16)7-10)8-18-13-4-2-1-3-11(13)14(17)19/h5-7,11,13,18H,1-4,8H2,(H2,17,19). The average molecular weight is 285 g/mol. The van der Waals surface area contributed by atoms with Crippen LogP contribution >= 0.6 is 11.6 Å². The average Bonchev–Trinajstić information content (AvgIpc) is 2.38. The summed E-state index contributed by atoms with van der Waals surface area (Å²) in [6.45, 7) is 0.386. The molecule has 0 spiro atoms. The van der Waals surface area contributed by atoms with Crippen molar-refractivity contribution in [2.75, 3.05) is 0 Å². The molecule has 1 fully saturated rings. The largest absolute Gasteiger partial charge is 0.369 e. The number of hydrogen-bond acceptors (Lipinski definition) is 2. The molecule has 1 saturated carbocycles. The van der Waals surface area contributed by atoms with E-state index in [1.807, 2.05) is 0 Å². The highest BCUT2D eigenvalue weighted by atomic mass is 35.5. The zero-order valence-corrected chi connectivity index (χ0v) is 11.4. The Hall–Kier alpha value is -1.13. The van der Waals surface area contributed by atoms with Gasteiger partial charge < -0.3 is 11.1 Å². The lowest BCUT2D eigenvalue weighted by Gasteiger charge is -2.30. The molecule has 2 rings (SSSR count). The number of rotatable bonds is 4. The first-order valence-electron chi connectivity index (χ1n) is 6.54. The number of carbonyl (C=O) groups is 1. The van der Waals surface area contributed by atoms with Gasteiger partial charge in [-0.2, -0.15) is 0 Å². The molecule has 1 aromatic carbocycles. The van der Waals surface area contributed by atoms with Gasteiger partial charge in [-0.25, -0.2) is 4.39 Å². The quantitative estimate of drug-likeness (QED) is 0.893. The molecule has 0 saturated heterocycles. The predicted molar refractivity (Wildman–Crippen MR) is 73.2 cm³/mol. The Labute approximate surface area is 117 Å². The maximum atomic E-state index is 13.6. The van der Waals surface area contributed by atoms with Gasteiger partial charge in [0.25, 0.3) is 0 Å². The van der Waals surface area contributed by atoms with E-state index >= 15 is 0 Å². The second-order valence-electron chi connectivity index (χ2n) is 5.02. The highest BCUT2D eigenvalue weighted by Crippen LogP contribution is 2.24. The van der Waals surface area contributed by atoms with Gasteiger partial charge in [0.2, 0.25) is 5.91 Å². The fourth-order valence-electron chi connectivity index (χ4n) is 2.62. The van der Waals surface area contributed by atoms with Crippen molar-refractivity contribution in [2.45, 2.75) is 38.3 Å². The van der Waals surface area contributed by atoms with E-state index < -0.39 is 0 Å². The van der Waals surface area contributed by atoms with E-state index in [4.69, 9.17) is 17.3 Å². The molecule has 0 aromatic heterocycles. The van der Waals surface area contributed by atoms with Gasteiger partial charge in [-0.15, -0.1) is 0 Å². The first-order valence-corrected chi connectivity index (χ1v) is 6.92. The van der Waals surface area contributed by atoms with E-state index in [1.165, 1.54) is 6.07 Å². The molecule has 19 heavy (non-hydrogen) atoms. The summed E-state index contributed by atoms with van der Waals surface area (Å²) in [4.78, 5) is 11.4. The summed E-state index contributed by atoms with van der Waals surface area (Å²) < 4.78 is 13.6. The van der Waals surface area contributed by atoms with E-state index in [0.717, 1.165) is 25.7 Å². The second-order valence-corrected chi connectivity index (χ2v) is 5.45. The van der Waals surface area contributed by atoms with Crippen molar-refractivity contribution in [3.05, 3.63) is 34.6 Å². The van der Waals surface area contributed by atoms with Crippen LogP contribution in [0, 0.1) is 11.7 Å². The molecule has 5 heteroatoms. The van der Waals surface area contributed by atoms with Crippen LogP contribution in [0.1, 0.15) is 31.2 Å². The first-order chi connectivity index (χ1) is 9.08. The lowest BCUT2D eigenvalue weighted by atomic mass is 9.84. The fraction of sp³-hybridized carbons (Fsp3) is 0.500. The van der Waals surface area contributed by atoms with Crippen molar-refractivity contribution < 1.29 is 9.18 Å². The molecule has 0 bridgehead atoms. The summed E-state index contributed by atoms with van der Waals surface area (Å²) in [6.07, 6.45) is 3.82. The highest BCUT2D eigenvalue weighted by molar-refractivity contribution is 6.30. The molecular weight excluding hydrogens is 267 g/mol. The van der Waals surface area contributed by atoms with E-state index in [2.05, 4.69) is 5.32 Å². The monoisotopic (exact) mass is 284 g/mol. The third-order valence-corrected chi connectivity index (χ3v) is 3.94. The van der Waals surface area contributed by atoms with Crippen LogP contribution in [-0.4, -0.2) is 11.9 Å². The van der Waals surface area contributed by atoms with Gasteiger partial charge in [0, 0.05) is 23.2 Å². The Kier molecular flexibility index (Phi) is 4.77. The van der Waals surface area contributed by atoms with Crippen LogP contribution in [0.3, 0.4) is 0 Å². The van der Waals surface area contributed by atoms with Gasteiger partial charge in [0.1, 0.15) is 5.82 Å². The molecule has 1 aromatic rings. The normalized spacial score (nSPS) is 23.3. The molecule has 0 aliphatic heterocycles. The van der Waals surface area contributed by atoms with Crippen molar-refractivity contribution in [2.24, 2.45) is 11.7 Å². The third kappa shape index (κ3) is 3.67. The van der Waals surface area contributed by atoms with Gasteiger partial charge in [-0.1, -0.05) is 30.5 Å². The Morgan fingerprint density at radius 3 is 2.84 bits per heavy atom. The summed E-state index contributed by atoms with van der Waals surface area (Å²) in [5, 5.41) is 3.63. The molecule has 0 heterocycles. The fourth-order valence-corrected chi connectivity index (χ4v) is 2.78. The Morgan fingerprint density at radius 2 is 2.16 bits per heavy atom. The van der Waals surface area contributed by atoms with E-state index in [-0.39, 0.29) is 23.7 Å². The number of carbonyl (C=O) groups excluding carboxylic acids is 1. The molecule has 3 nitrogen and oxygen atoms in total. The molecular formula is C14H18ClFN2O. The minimum atomic E-state index is -0.327. The smallest absolute Gasteiger partial charge is 0.222 e. The Balaban J connectivity index is 1.98. The van der Waals surface area contributed by atoms with Crippen LogP contribution in [0.5, 0.6) is 0 Å². The molecule has 0 radical (unpaired) electrons. The molecule has 1 aliphatic rings. The number of nitrogens with one attached hydrogen (secondary N) is 1. The summed E-state index contributed by atoms with van der Waals surface area (Å²) >= 11 is 5.71. The van der Waals surface area contributed by atoms with Crippen LogP contribution in [0.25, 0.3) is 0 Å². The SMILES string of the molecule is NC(=O)C1CCCCC1NCc1ccc(Cl)cc1F. The van der Waals surface area contributed by atoms with E-state index in [1.54, 1.807) is 12.1 Å². The number of primary amides is 1. The predicted octanol–water partition coefficient (Wildman–Crippen LogP) is 2.61. The second kappa shape index (κ2) is 6.35. The maximum Gasteiger partial charge on any atom is 0.222 e.